The van der Waals surface area contributed by atoms with Crippen molar-refractivity contribution >= 4 is 17.5 Å². The van der Waals surface area contributed by atoms with Crippen LogP contribution in [0.1, 0.15) is 72.1 Å². The molecule has 142 valence electrons. The molecule has 0 saturated heterocycles. The zero-order valence-corrected chi connectivity index (χ0v) is 16.2. The molecule has 0 amide bonds. The van der Waals surface area contributed by atoms with E-state index in [1.54, 1.807) is 6.92 Å². The van der Waals surface area contributed by atoms with Crippen molar-refractivity contribution in [2.45, 2.75) is 77.7 Å². The van der Waals surface area contributed by atoms with E-state index in [-0.39, 0.29) is 17.2 Å². The van der Waals surface area contributed by atoms with E-state index >= 15 is 0 Å². The van der Waals surface area contributed by atoms with Crippen molar-refractivity contribution < 1.29 is 19.1 Å². The third-order valence-electron chi connectivity index (χ3n) is 8.31. The molecule has 0 aromatic rings. The molecule has 6 atom stereocenters. The van der Waals surface area contributed by atoms with E-state index in [0.717, 1.165) is 38.5 Å². The van der Waals surface area contributed by atoms with Crippen molar-refractivity contribution in [2.24, 2.45) is 29.1 Å². The fraction of sp³-hybridized carbons (Fsp3) is 0.773. The van der Waals surface area contributed by atoms with Crippen LogP contribution in [0.25, 0.3) is 0 Å². The Kier molecular flexibility index (Phi) is 4.16. The highest BCUT2D eigenvalue weighted by Crippen LogP contribution is 2.66. The molecule has 0 bridgehead atoms. The van der Waals surface area contributed by atoms with Gasteiger partial charge in [0, 0.05) is 18.8 Å². The van der Waals surface area contributed by atoms with Gasteiger partial charge in [-0.1, -0.05) is 12.5 Å². The molecule has 0 aliphatic heterocycles. The molecule has 4 aliphatic rings. The summed E-state index contributed by atoms with van der Waals surface area (Å²) in [5.41, 5.74) is 0.187. The fourth-order valence-electron chi connectivity index (χ4n) is 7.24. The first-order chi connectivity index (χ1) is 12.3. The maximum absolute atomic E-state index is 12.7. The number of fused-ring (bicyclic) bond motifs is 5. The summed E-state index contributed by atoms with van der Waals surface area (Å²) in [4.78, 5) is 36.3. The van der Waals surface area contributed by atoms with Gasteiger partial charge in [-0.05, 0) is 81.6 Å². The lowest BCUT2D eigenvalue weighted by Gasteiger charge is -2.55. The Labute approximate surface area is 155 Å². The molecule has 4 unspecified atom stereocenters. The van der Waals surface area contributed by atoms with E-state index in [4.69, 9.17) is 4.74 Å². The molecule has 0 heterocycles. The van der Waals surface area contributed by atoms with Crippen molar-refractivity contribution in [3.63, 3.8) is 0 Å². The zero-order valence-electron chi connectivity index (χ0n) is 16.2. The van der Waals surface area contributed by atoms with Gasteiger partial charge in [0.2, 0.25) is 0 Å². The molecule has 26 heavy (non-hydrogen) atoms. The Morgan fingerprint density at radius 2 is 1.81 bits per heavy atom. The van der Waals surface area contributed by atoms with Crippen LogP contribution in [0.3, 0.4) is 0 Å². The van der Waals surface area contributed by atoms with Crippen molar-refractivity contribution in [1.29, 1.82) is 0 Å². The van der Waals surface area contributed by atoms with Gasteiger partial charge in [0.05, 0.1) is 0 Å². The van der Waals surface area contributed by atoms with E-state index in [9.17, 15) is 14.4 Å². The topological polar surface area (TPSA) is 60.4 Å². The van der Waals surface area contributed by atoms with Crippen LogP contribution >= 0.6 is 0 Å². The number of ether oxygens (including phenoxy) is 1. The predicted molar refractivity (Wildman–Crippen MR) is 97.3 cm³/mol. The minimum absolute atomic E-state index is 0.0100. The molecule has 0 spiro atoms. The third kappa shape index (κ3) is 2.36. The van der Waals surface area contributed by atoms with E-state index in [2.05, 4.69) is 6.92 Å². The SMILES string of the molecule is CC(=O)O[C@]1(C(C)=O)CCC2C3CCC4=CC(=O)CCC4C3CC[C@@]21C. The lowest BCUT2D eigenvalue weighted by atomic mass is 9.50. The standard InChI is InChI=1S/C22H30O4/c1-13(23)22(26-14(2)24)11-9-20-19-6-4-15-12-16(25)5-7-17(15)18(19)8-10-21(20,22)3/h12,17-20H,4-11H2,1-3H3/t17?,18?,19?,20?,21-,22-/m0/s1. The Balaban J connectivity index is 1.66. The summed E-state index contributed by atoms with van der Waals surface area (Å²) >= 11 is 0. The van der Waals surface area contributed by atoms with Gasteiger partial charge in [0.15, 0.2) is 17.2 Å². The maximum Gasteiger partial charge on any atom is 0.303 e. The van der Waals surface area contributed by atoms with Gasteiger partial charge in [-0.2, -0.15) is 0 Å². The minimum atomic E-state index is -0.937. The normalized spacial score (nSPS) is 44.4. The average Bonchev–Trinajstić information content (AvgIpc) is 2.87. The molecule has 4 heteroatoms. The summed E-state index contributed by atoms with van der Waals surface area (Å²) in [6.45, 7) is 5.21. The lowest BCUT2D eigenvalue weighted by molar-refractivity contribution is -0.185. The molecule has 3 saturated carbocycles. The van der Waals surface area contributed by atoms with Crippen LogP contribution in [0, 0.1) is 29.1 Å². The second-order valence-electron chi connectivity index (χ2n) is 9.28. The van der Waals surface area contributed by atoms with Crippen molar-refractivity contribution in [3.8, 4) is 0 Å². The smallest absolute Gasteiger partial charge is 0.303 e. The summed E-state index contributed by atoms with van der Waals surface area (Å²) < 4.78 is 5.79. The number of hydrogen-bond donors (Lipinski definition) is 0. The Hall–Kier alpha value is -1.45. The molecular formula is C22H30O4. The zero-order chi connectivity index (χ0) is 18.7. The summed E-state index contributed by atoms with van der Waals surface area (Å²) in [7, 11) is 0. The molecule has 0 N–H and O–H groups in total. The van der Waals surface area contributed by atoms with Crippen LogP contribution in [0.2, 0.25) is 0 Å². The summed E-state index contributed by atoms with van der Waals surface area (Å²) in [5.74, 6) is 2.16. The van der Waals surface area contributed by atoms with Crippen molar-refractivity contribution in [1.82, 2.24) is 0 Å². The van der Waals surface area contributed by atoms with Gasteiger partial charge in [-0.15, -0.1) is 0 Å². The highest BCUT2D eigenvalue weighted by atomic mass is 16.6. The molecule has 3 fully saturated rings. The van der Waals surface area contributed by atoms with Gasteiger partial charge >= 0.3 is 5.97 Å². The van der Waals surface area contributed by atoms with E-state index < -0.39 is 5.60 Å². The summed E-state index contributed by atoms with van der Waals surface area (Å²) in [5, 5.41) is 0. The van der Waals surface area contributed by atoms with Crippen LogP contribution in [-0.2, 0) is 19.1 Å². The number of allylic oxidation sites excluding steroid dienone is 1. The maximum atomic E-state index is 12.7. The first-order valence-electron chi connectivity index (χ1n) is 10.2. The Morgan fingerprint density at radius 1 is 1.04 bits per heavy atom. The van der Waals surface area contributed by atoms with Gasteiger partial charge < -0.3 is 4.74 Å². The number of esters is 1. The number of carbonyl (C=O) groups is 3. The predicted octanol–water partition coefficient (Wildman–Crippen LogP) is 4.02. The third-order valence-corrected chi connectivity index (χ3v) is 8.31. The van der Waals surface area contributed by atoms with Gasteiger partial charge in [-0.3, -0.25) is 14.4 Å². The first-order valence-corrected chi connectivity index (χ1v) is 10.2. The van der Waals surface area contributed by atoms with Gasteiger partial charge in [0.1, 0.15) is 0 Å². The second kappa shape index (κ2) is 6.03. The van der Waals surface area contributed by atoms with Crippen LogP contribution < -0.4 is 0 Å². The highest BCUT2D eigenvalue weighted by Gasteiger charge is 2.66. The number of carbonyl (C=O) groups excluding carboxylic acids is 3. The van der Waals surface area contributed by atoms with Crippen LogP contribution in [-0.4, -0.2) is 23.1 Å². The van der Waals surface area contributed by atoms with Gasteiger partial charge in [0.25, 0.3) is 0 Å². The van der Waals surface area contributed by atoms with E-state index in [1.165, 1.54) is 12.5 Å². The average molecular weight is 358 g/mol. The number of rotatable bonds is 2. The molecular weight excluding hydrogens is 328 g/mol. The summed E-state index contributed by atoms with van der Waals surface area (Å²) in [6.07, 6.45) is 9.37. The van der Waals surface area contributed by atoms with Gasteiger partial charge in [-0.25, -0.2) is 0 Å². The number of Topliss-reactive ketones (excluding diaryl/α,β-unsaturated/α-hetero) is 1. The van der Waals surface area contributed by atoms with E-state index in [0.29, 0.717) is 42.3 Å². The Morgan fingerprint density at radius 3 is 2.50 bits per heavy atom. The lowest BCUT2D eigenvalue weighted by Crippen LogP contribution is -2.57. The van der Waals surface area contributed by atoms with Crippen LogP contribution in [0.5, 0.6) is 0 Å². The van der Waals surface area contributed by atoms with Crippen LogP contribution in [0.15, 0.2) is 11.6 Å². The minimum Gasteiger partial charge on any atom is -0.451 e. The Bertz CT molecular complexity index is 692. The van der Waals surface area contributed by atoms with Crippen molar-refractivity contribution in [2.75, 3.05) is 0 Å². The van der Waals surface area contributed by atoms with Crippen LogP contribution in [0.4, 0.5) is 0 Å². The molecule has 4 aliphatic carbocycles. The van der Waals surface area contributed by atoms with E-state index in [1.807, 2.05) is 6.08 Å². The highest BCUT2D eigenvalue weighted by molar-refractivity contribution is 5.91. The second-order valence-corrected chi connectivity index (χ2v) is 9.28. The largest absolute Gasteiger partial charge is 0.451 e. The molecule has 0 radical (unpaired) electrons. The number of hydrogen-bond acceptors (Lipinski definition) is 4. The molecule has 4 rings (SSSR count). The van der Waals surface area contributed by atoms with Crippen molar-refractivity contribution in [3.05, 3.63) is 11.6 Å². The summed E-state index contributed by atoms with van der Waals surface area (Å²) in [6, 6.07) is 0. The first kappa shape index (κ1) is 17.9. The quantitative estimate of drug-likeness (QED) is 0.700. The monoisotopic (exact) mass is 358 g/mol. The molecule has 4 nitrogen and oxygen atoms in total. The fourth-order valence-corrected chi connectivity index (χ4v) is 7.24. The molecule has 0 aromatic carbocycles. The molecule has 0 aromatic heterocycles. The number of ketones is 2.